The molecule has 4 aliphatic carbocycles. The molecule has 1 aliphatic heterocycles. The van der Waals surface area contributed by atoms with Crippen LogP contribution in [0.3, 0.4) is 0 Å². The molecule has 6 nitrogen and oxygen atoms in total. The van der Waals surface area contributed by atoms with E-state index in [4.69, 9.17) is 14.2 Å². The lowest BCUT2D eigenvalue weighted by Gasteiger charge is -2.52. The third kappa shape index (κ3) is 3.18. The van der Waals surface area contributed by atoms with Crippen LogP contribution in [0.5, 0.6) is 0 Å². The van der Waals surface area contributed by atoms with E-state index in [0.29, 0.717) is 18.8 Å². The summed E-state index contributed by atoms with van der Waals surface area (Å²) in [7, 11) is 0. The topological polar surface area (TPSA) is 82.1 Å². The highest BCUT2D eigenvalue weighted by Crippen LogP contribution is 2.72. The van der Waals surface area contributed by atoms with Crippen LogP contribution in [0.2, 0.25) is 0 Å². The van der Waals surface area contributed by atoms with Gasteiger partial charge in [0, 0.05) is 5.92 Å². The summed E-state index contributed by atoms with van der Waals surface area (Å²) in [5, 5.41) is 13.0. The average molecular weight is 487 g/mol. The molecule has 5 aliphatic rings. The normalized spacial score (nSPS) is 44.8. The highest BCUT2D eigenvalue weighted by Gasteiger charge is 2.77. The molecule has 8 atom stereocenters. The molecule has 5 rings (SSSR count). The van der Waals surface area contributed by atoms with Gasteiger partial charge in [-0.25, -0.2) is 0 Å². The Kier molecular flexibility index (Phi) is 5.57. The molecule has 0 aromatic heterocycles. The highest BCUT2D eigenvalue weighted by molar-refractivity contribution is 5.95. The zero-order valence-electron chi connectivity index (χ0n) is 22.5. The third-order valence-corrected chi connectivity index (χ3v) is 10.2. The molecule has 6 heteroatoms. The summed E-state index contributed by atoms with van der Waals surface area (Å²) in [6.07, 6.45) is 4.38. The quantitative estimate of drug-likeness (QED) is 0.462. The van der Waals surface area contributed by atoms with Crippen LogP contribution in [0.15, 0.2) is 23.3 Å². The first-order valence-corrected chi connectivity index (χ1v) is 13.4. The van der Waals surface area contributed by atoms with E-state index in [1.54, 1.807) is 0 Å². The van der Waals surface area contributed by atoms with Crippen molar-refractivity contribution in [1.82, 2.24) is 0 Å². The lowest BCUT2D eigenvalue weighted by Crippen LogP contribution is -2.68. The molecule has 7 unspecified atom stereocenters. The minimum atomic E-state index is -1.74. The van der Waals surface area contributed by atoms with Crippen molar-refractivity contribution >= 4 is 11.8 Å². The van der Waals surface area contributed by atoms with Crippen molar-refractivity contribution in [3.63, 3.8) is 0 Å². The molecule has 2 saturated carbocycles. The number of carbonyl (C=O) groups is 2. The minimum Gasteiger partial charge on any atom is -0.454 e. The molecule has 0 radical (unpaired) electrons. The number of esters is 1. The van der Waals surface area contributed by atoms with Gasteiger partial charge in [-0.3, -0.25) is 9.59 Å². The number of Topliss-reactive ketones (excluding diaryl/α,β-unsaturated/α-hetero) is 1. The van der Waals surface area contributed by atoms with Gasteiger partial charge < -0.3 is 19.3 Å². The monoisotopic (exact) mass is 486 g/mol. The predicted octanol–water partition coefficient (Wildman–Crippen LogP) is 4.60. The molecule has 35 heavy (non-hydrogen) atoms. The van der Waals surface area contributed by atoms with Crippen LogP contribution < -0.4 is 0 Å². The van der Waals surface area contributed by atoms with Crippen molar-refractivity contribution in [1.29, 1.82) is 0 Å². The fraction of sp³-hybridized carbons (Fsp3) is 0.793. The van der Waals surface area contributed by atoms with E-state index in [1.165, 1.54) is 0 Å². The van der Waals surface area contributed by atoms with Crippen LogP contribution in [0, 0.1) is 40.4 Å². The molecule has 1 saturated heterocycles. The number of hydrogen-bond acceptors (Lipinski definition) is 6. The first-order valence-electron chi connectivity index (χ1n) is 13.4. The van der Waals surface area contributed by atoms with Crippen LogP contribution in [0.4, 0.5) is 0 Å². The van der Waals surface area contributed by atoms with Crippen molar-refractivity contribution < 1.29 is 28.9 Å². The highest BCUT2D eigenvalue weighted by atomic mass is 16.7. The second kappa shape index (κ2) is 7.75. The lowest BCUT2D eigenvalue weighted by molar-refractivity contribution is -0.304. The number of ketones is 1. The van der Waals surface area contributed by atoms with Crippen LogP contribution in [-0.4, -0.2) is 47.1 Å². The summed E-state index contributed by atoms with van der Waals surface area (Å²) in [4.78, 5) is 27.9. The summed E-state index contributed by atoms with van der Waals surface area (Å²) in [5.74, 6) is -1.30. The maximum absolute atomic E-state index is 14.6. The molecule has 2 bridgehead atoms. The zero-order chi connectivity index (χ0) is 25.7. The van der Waals surface area contributed by atoms with Crippen LogP contribution in [0.25, 0.3) is 0 Å². The van der Waals surface area contributed by atoms with Crippen molar-refractivity contribution in [2.24, 2.45) is 40.4 Å². The smallest absolute Gasteiger partial charge is 0.309 e. The van der Waals surface area contributed by atoms with E-state index in [9.17, 15) is 14.7 Å². The molecule has 3 fully saturated rings. The van der Waals surface area contributed by atoms with Crippen molar-refractivity contribution in [3.8, 4) is 0 Å². The largest absolute Gasteiger partial charge is 0.454 e. The lowest BCUT2D eigenvalue weighted by atomic mass is 9.59. The van der Waals surface area contributed by atoms with Crippen LogP contribution in [0.1, 0.15) is 74.7 Å². The van der Waals surface area contributed by atoms with Gasteiger partial charge in [0.25, 0.3) is 0 Å². The van der Waals surface area contributed by atoms with Gasteiger partial charge in [0.15, 0.2) is 23.3 Å². The summed E-state index contributed by atoms with van der Waals surface area (Å²) >= 11 is 0. The summed E-state index contributed by atoms with van der Waals surface area (Å²) in [6.45, 7) is 16.3. The van der Waals surface area contributed by atoms with E-state index in [-0.39, 0.29) is 47.4 Å². The standard InChI is InChI=1S/C29H42O6/c1-9-17(10-2)25(31)34-23-15(3)13-28-16(4)11-20-21(26(20,5)6)19(22(28)30)12-18-14-33-27(7,8)35-24(18)29(23,28)32/h12-13,16-17,19-21,23-24,32H,9-11,14H2,1-8H3/t16-,19?,20?,21?,23?,24?,28?,29?/m1/s1. The zero-order valence-corrected chi connectivity index (χ0v) is 22.5. The third-order valence-electron chi connectivity index (χ3n) is 10.2. The Labute approximate surface area is 209 Å². The number of aliphatic hydroxyl groups is 1. The molecule has 1 N–H and O–H groups in total. The first-order chi connectivity index (χ1) is 16.3. The molecule has 0 amide bonds. The number of allylic oxidation sites excluding steroid dienone is 1. The Morgan fingerprint density at radius 2 is 1.89 bits per heavy atom. The molecule has 1 spiro atoms. The number of fused-ring (bicyclic) bond motifs is 5. The van der Waals surface area contributed by atoms with E-state index in [1.807, 2.05) is 46.8 Å². The van der Waals surface area contributed by atoms with E-state index >= 15 is 0 Å². The minimum absolute atomic E-state index is 0.0364. The summed E-state index contributed by atoms with van der Waals surface area (Å²) in [5.41, 5.74) is -1.35. The van der Waals surface area contributed by atoms with Gasteiger partial charge in [0.05, 0.1) is 17.9 Å². The van der Waals surface area contributed by atoms with Crippen molar-refractivity contribution in [2.45, 2.75) is 98.2 Å². The van der Waals surface area contributed by atoms with Crippen LogP contribution in [-0.2, 0) is 23.8 Å². The number of ether oxygens (including phenoxy) is 3. The SMILES string of the molecule is CCC(CC)C(=O)OC1C(C)=CC23C(=O)C(C=C4COC(C)(C)OC4C12O)C1C(C[C@H]3C)C1(C)C. The molecule has 0 aromatic rings. The van der Waals surface area contributed by atoms with E-state index in [0.717, 1.165) is 17.6 Å². The van der Waals surface area contributed by atoms with Crippen LogP contribution >= 0.6 is 0 Å². The van der Waals surface area contributed by atoms with Gasteiger partial charge in [-0.1, -0.05) is 46.8 Å². The predicted molar refractivity (Wildman–Crippen MR) is 131 cm³/mol. The number of hydrogen-bond donors (Lipinski definition) is 1. The van der Waals surface area contributed by atoms with Gasteiger partial charge in [0.2, 0.25) is 0 Å². The van der Waals surface area contributed by atoms with E-state index in [2.05, 4.69) is 20.8 Å². The Balaban J connectivity index is 1.69. The summed E-state index contributed by atoms with van der Waals surface area (Å²) in [6, 6.07) is 0. The molecular formula is C29H42O6. The second-order valence-corrected chi connectivity index (χ2v) is 12.8. The van der Waals surface area contributed by atoms with Crippen molar-refractivity contribution in [3.05, 3.63) is 23.3 Å². The Morgan fingerprint density at radius 1 is 1.23 bits per heavy atom. The molecular weight excluding hydrogens is 444 g/mol. The van der Waals surface area contributed by atoms with Gasteiger partial charge >= 0.3 is 5.97 Å². The second-order valence-electron chi connectivity index (χ2n) is 12.8. The fourth-order valence-electron chi connectivity index (χ4n) is 8.13. The van der Waals surface area contributed by atoms with Gasteiger partial charge in [0.1, 0.15) is 6.10 Å². The molecule has 194 valence electrons. The molecule has 1 heterocycles. The van der Waals surface area contributed by atoms with Gasteiger partial charge in [-0.05, 0) is 74.3 Å². The Hall–Kier alpha value is -1.50. The average Bonchev–Trinajstić information content (AvgIpc) is 3.27. The fourth-order valence-corrected chi connectivity index (χ4v) is 8.13. The number of carbonyl (C=O) groups excluding carboxylic acids is 2. The first kappa shape index (κ1) is 25.2. The van der Waals surface area contributed by atoms with Crippen molar-refractivity contribution in [2.75, 3.05) is 6.61 Å². The number of rotatable bonds is 4. The van der Waals surface area contributed by atoms with E-state index < -0.39 is 29.0 Å². The summed E-state index contributed by atoms with van der Waals surface area (Å²) < 4.78 is 18.6. The van der Waals surface area contributed by atoms with Gasteiger partial charge in [-0.15, -0.1) is 0 Å². The Bertz CT molecular complexity index is 1000. The maximum atomic E-state index is 14.6. The molecule has 0 aromatic carbocycles. The maximum Gasteiger partial charge on any atom is 0.309 e. The van der Waals surface area contributed by atoms with Gasteiger partial charge in [-0.2, -0.15) is 0 Å². The Morgan fingerprint density at radius 3 is 2.51 bits per heavy atom.